The summed E-state index contributed by atoms with van der Waals surface area (Å²) in [6.07, 6.45) is 2.95. The van der Waals surface area contributed by atoms with E-state index in [2.05, 4.69) is 9.97 Å². The fourth-order valence-corrected chi connectivity index (χ4v) is 1.12. The highest BCUT2D eigenvalue weighted by molar-refractivity contribution is 6.58. The van der Waals surface area contributed by atoms with Gasteiger partial charge in [-0.2, -0.15) is 0 Å². The maximum Gasteiger partial charge on any atom is 0.490 e. The third-order valence-corrected chi connectivity index (χ3v) is 1.90. The van der Waals surface area contributed by atoms with Gasteiger partial charge in [0.05, 0.1) is 0 Å². The summed E-state index contributed by atoms with van der Waals surface area (Å²) in [6, 6.07) is 8.36. The first kappa shape index (κ1) is 10.6. The Balaban J connectivity index is 2.11. The van der Waals surface area contributed by atoms with Crippen LogP contribution in [0.5, 0.6) is 11.8 Å². The van der Waals surface area contributed by atoms with E-state index < -0.39 is 7.12 Å². The second kappa shape index (κ2) is 4.74. The van der Waals surface area contributed by atoms with Gasteiger partial charge in [-0.05, 0) is 6.07 Å². The maximum absolute atomic E-state index is 8.87. The second-order valence-electron chi connectivity index (χ2n) is 3.07. The maximum atomic E-state index is 8.87. The van der Waals surface area contributed by atoms with E-state index in [1.807, 2.05) is 0 Å². The lowest BCUT2D eigenvalue weighted by molar-refractivity contribution is 0.424. The molecule has 80 valence electrons. The average Bonchev–Trinajstić information content (AvgIpc) is 2.31. The highest BCUT2D eigenvalue weighted by Gasteiger charge is 2.11. The number of nitrogens with zero attached hydrogens (tertiary/aromatic N) is 2. The first-order valence-electron chi connectivity index (χ1n) is 4.66. The first-order chi connectivity index (χ1) is 7.75. The lowest BCUT2D eigenvalue weighted by Gasteiger charge is -2.03. The largest absolute Gasteiger partial charge is 0.490 e. The van der Waals surface area contributed by atoms with E-state index in [0.717, 1.165) is 0 Å². The highest BCUT2D eigenvalue weighted by atomic mass is 16.5. The first-order valence-corrected chi connectivity index (χ1v) is 4.66. The van der Waals surface area contributed by atoms with E-state index in [-0.39, 0.29) is 0 Å². The van der Waals surface area contributed by atoms with Gasteiger partial charge in [-0.15, -0.1) is 0 Å². The van der Waals surface area contributed by atoms with Crippen LogP contribution in [0.15, 0.2) is 42.7 Å². The van der Waals surface area contributed by atoms with Crippen LogP contribution in [-0.4, -0.2) is 27.1 Å². The van der Waals surface area contributed by atoms with Crippen molar-refractivity contribution in [3.63, 3.8) is 0 Å². The van der Waals surface area contributed by atoms with Crippen LogP contribution in [0.3, 0.4) is 0 Å². The molecule has 5 nitrogen and oxygen atoms in total. The number of aromatic nitrogens is 2. The quantitative estimate of drug-likeness (QED) is 0.703. The van der Waals surface area contributed by atoms with Crippen LogP contribution in [0.2, 0.25) is 0 Å². The van der Waals surface area contributed by atoms with Gasteiger partial charge in [-0.25, -0.2) is 9.97 Å². The lowest BCUT2D eigenvalue weighted by atomic mass is 9.82. The van der Waals surface area contributed by atoms with E-state index in [9.17, 15) is 0 Å². The fraction of sp³-hybridized carbons (Fsp3) is 0. The van der Waals surface area contributed by atoms with Crippen LogP contribution in [-0.2, 0) is 0 Å². The molecule has 0 saturated heterocycles. The molecule has 0 radical (unpaired) electrons. The summed E-state index contributed by atoms with van der Waals surface area (Å²) in [5.41, 5.74) is 0.313. The zero-order valence-electron chi connectivity index (χ0n) is 8.32. The van der Waals surface area contributed by atoms with Gasteiger partial charge in [-0.3, -0.25) is 0 Å². The number of hydrogen-bond donors (Lipinski definition) is 2. The molecule has 6 heteroatoms. The minimum Gasteiger partial charge on any atom is -0.423 e. The molecule has 2 N–H and O–H groups in total. The molecule has 0 aromatic carbocycles. The molecule has 0 unspecified atom stereocenters. The van der Waals surface area contributed by atoms with Gasteiger partial charge >= 0.3 is 7.12 Å². The predicted molar refractivity (Wildman–Crippen MR) is 58.4 cm³/mol. The summed E-state index contributed by atoms with van der Waals surface area (Å²) >= 11 is 0. The van der Waals surface area contributed by atoms with Crippen LogP contribution in [0.25, 0.3) is 0 Å². The molecule has 0 bridgehead atoms. The van der Waals surface area contributed by atoms with Gasteiger partial charge in [0.15, 0.2) is 0 Å². The van der Waals surface area contributed by atoms with Gasteiger partial charge in [-0.1, -0.05) is 12.1 Å². The summed E-state index contributed by atoms with van der Waals surface area (Å²) in [6.45, 7) is 0. The van der Waals surface area contributed by atoms with Crippen molar-refractivity contribution >= 4 is 12.6 Å². The molecule has 0 amide bonds. The van der Waals surface area contributed by atoms with Gasteiger partial charge in [0.25, 0.3) is 0 Å². The topological polar surface area (TPSA) is 75.5 Å². The molecule has 0 atom stereocenters. The molecule has 0 fully saturated rings. The van der Waals surface area contributed by atoms with Gasteiger partial charge < -0.3 is 14.8 Å². The second-order valence-corrected chi connectivity index (χ2v) is 3.07. The van der Waals surface area contributed by atoms with Crippen LogP contribution in [0, 0.1) is 0 Å². The van der Waals surface area contributed by atoms with Gasteiger partial charge in [0.1, 0.15) is 0 Å². The van der Waals surface area contributed by atoms with E-state index in [1.165, 1.54) is 12.3 Å². The molecule has 0 aliphatic carbocycles. The van der Waals surface area contributed by atoms with E-state index >= 15 is 0 Å². The van der Waals surface area contributed by atoms with Crippen molar-refractivity contribution in [2.24, 2.45) is 0 Å². The van der Waals surface area contributed by atoms with E-state index in [0.29, 0.717) is 17.2 Å². The zero-order valence-corrected chi connectivity index (χ0v) is 8.32. The van der Waals surface area contributed by atoms with Crippen molar-refractivity contribution in [3.05, 3.63) is 42.7 Å². The number of ether oxygens (including phenoxy) is 1. The Hall–Kier alpha value is -1.92. The average molecular weight is 216 g/mol. The number of hydrogen-bond acceptors (Lipinski definition) is 5. The minimum atomic E-state index is -1.52. The van der Waals surface area contributed by atoms with Crippen LogP contribution >= 0.6 is 0 Å². The molecule has 2 aromatic heterocycles. The van der Waals surface area contributed by atoms with Crippen molar-refractivity contribution < 1.29 is 14.8 Å². The molecule has 0 saturated carbocycles. The molecular formula is C10H9BN2O3. The summed E-state index contributed by atoms with van der Waals surface area (Å²) in [7, 11) is -1.52. The lowest BCUT2D eigenvalue weighted by Crippen LogP contribution is -2.29. The standard InChI is InChI=1S/C10H9BN2O3/c14-11(15)8-4-5-10(13-7-8)16-9-3-1-2-6-12-9/h1-7,14-15H. The Morgan fingerprint density at radius 1 is 1.00 bits per heavy atom. The summed E-state index contributed by atoms with van der Waals surface area (Å²) in [5.74, 6) is 0.787. The van der Waals surface area contributed by atoms with Crippen molar-refractivity contribution in [3.8, 4) is 11.8 Å². The summed E-state index contributed by atoms with van der Waals surface area (Å²) < 4.78 is 5.33. The Labute approximate surface area is 92.5 Å². The van der Waals surface area contributed by atoms with Gasteiger partial charge in [0, 0.05) is 30.0 Å². The van der Waals surface area contributed by atoms with Crippen molar-refractivity contribution in [1.29, 1.82) is 0 Å². The highest BCUT2D eigenvalue weighted by Crippen LogP contribution is 2.14. The van der Waals surface area contributed by atoms with E-state index in [4.69, 9.17) is 14.8 Å². The Morgan fingerprint density at radius 2 is 1.81 bits per heavy atom. The summed E-state index contributed by atoms with van der Waals surface area (Å²) in [4.78, 5) is 7.88. The molecular weight excluding hydrogens is 207 g/mol. The summed E-state index contributed by atoms with van der Waals surface area (Å²) in [5, 5.41) is 17.7. The van der Waals surface area contributed by atoms with E-state index in [1.54, 1.807) is 30.5 Å². The molecule has 16 heavy (non-hydrogen) atoms. The Bertz CT molecular complexity index is 447. The van der Waals surface area contributed by atoms with Crippen molar-refractivity contribution in [1.82, 2.24) is 9.97 Å². The van der Waals surface area contributed by atoms with Crippen LogP contribution < -0.4 is 10.2 Å². The zero-order chi connectivity index (χ0) is 11.4. The van der Waals surface area contributed by atoms with Crippen molar-refractivity contribution in [2.75, 3.05) is 0 Å². The fourth-order valence-electron chi connectivity index (χ4n) is 1.12. The van der Waals surface area contributed by atoms with Crippen LogP contribution in [0.4, 0.5) is 0 Å². The molecule has 0 aliphatic rings. The third-order valence-electron chi connectivity index (χ3n) is 1.90. The minimum absolute atomic E-state index is 0.313. The monoisotopic (exact) mass is 216 g/mol. The Morgan fingerprint density at radius 3 is 2.38 bits per heavy atom. The Kier molecular flexibility index (Phi) is 3.14. The third kappa shape index (κ3) is 2.56. The normalized spacial score (nSPS) is 9.88. The van der Waals surface area contributed by atoms with Crippen LogP contribution in [0.1, 0.15) is 0 Å². The number of pyridine rings is 2. The SMILES string of the molecule is OB(O)c1ccc(Oc2ccccn2)nc1. The van der Waals surface area contributed by atoms with Crippen molar-refractivity contribution in [2.45, 2.75) is 0 Å². The molecule has 2 aromatic rings. The predicted octanol–water partition coefficient (Wildman–Crippen LogP) is -0.0513. The molecule has 0 aliphatic heterocycles. The molecule has 2 heterocycles. The number of rotatable bonds is 3. The van der Waals surface area contributed by atoms with Gasteiger partial charge in [0.2, 0.25) is 11.8 Å². The molecule has 2 rings (SSSR count). The molecule has 0 spiro atoms. The smallest absolute Gasteiger partial charge is 0.423 e.